The summed E-state index contributed by atoms with van der Waals surface area (Å²) in [6.45, 7) is 6.92. The van der Waals surface area contributed by atoms with Gasteiger partial charge >= 0.3 is 0 Å². The summed E-state index contributed by atoms with van der Waals surface area (Å²) in [6.07, 6.45) is 3.57. The van der Waals surface area contributed by atoms with Gasteiger partial charge in [0.15, 0.2) is 5.57 Å². The fraction of sp³-hybridized carbons (Fsp3) is 0.292. The highest BCUT2D eigenvalue weighted by Gasteiger charge is 2.17. The Hall–Kier alpha value is -3.15. The van der Waals surface area contributed by atoms with E-state index in [9.17, 15) is 14.9 Å². The average Bonchev–Trinajstić information content (AvgIpc) is 3.33. The molecule has 3 aromatic rings. The fourth-order valence-electron chi connectivity index (χ4n) is 3.06. The molecule has 1 N–H and O–H groups in total. The Labute approximate surface area is 194 Å². The summed E-state index contributed by atoms with van der Waals surface area (Å²) in [6, 6.07) is 11.1. The molecule has 0 atom stereocenters. The molecule has 0 spiro atoms. The standard InChI is InChI=1S/C24H25N3O3S2/c1-4-6-12-26-22(28)19(15-25)24-27(17-7-9-18(10-8-17)30-5-2)23(29)21(32-24)14-20-16(3)11-13-31-20/h7-11,13-14H,4-6,12H2,1-3H3,(H,26,28)/b21-14-,24-19-. The molecule has 3 rings (SSSR count). The first-order valence-corrected chi connectivity index (χ1v) is 12.1. The molecule has 0 fully saturated rings. The third-order valence-electron chi connectivity index (χ3n) is 4.76. The summed E-state index contributed by atoms with van der Waals surface area (Å²) in [5.41, 5.74) is 1.30. The van der Waals surface area contributed by atoms with E-state index in [1.165, 1.54) is 4.57 Å². The molecular formula is C24H25N3O3S2. The molecule has 1 aromatic carbocycles. The van der Waals surface area contributed by atoms with Crippen LogP contribution in [0.3, 0.4) is 0 Å². The number of aryl methyl sites for hydroxylation is 1. The van der Waals surface area contributed by atoms with Crippen LogP contribution in [0.15, 0.2) is 40.5 Å². The lowest BCUT2D eigenvalue weighted by Crippen LogP contribution is -2.34. The zero-order valence-corrected chi connectivity index (χ0v) is 19.9. The molecule has 0 bridgehead atoms. The number of ether oxygens (including phenoxy) is 1. The minimum atomic E-state index is -0.472. The van der Waals surface area contributed by atoms with Crippen molar-refractivity contribution in [3.8, 4) is 17.5 Å². The molecule has 6 nitrogen and oxygen atoms in total. The van der Waals surface area contributed by atoms with E-state index < -0.39 is 5.91 Å². The second-order valence-electron chi connectivity index (χ2n) is 7.05. The number of nitriles is 1. The van der Waals surface area contributed by atoms with Crippen molar-refractivity contribution in [2.75, 3.05) is 13.2 Å². The van der Waals surface area contributed by atoms with Gasteiger partial charge in [-0.1, -0.05) is 13.3 Å². The van der Waals surface area contributed by atoms with E-state index in [1.807, 2.05) is 44.4 Å². The Morgan fingerprint density at radius 3 is 2.59 bits per heavy atom. The molecule has 32 heavy (non-hydrogen) atoms. The number of nitrogens with one attached hydrogen (secondary N) is 1. The Morgan fingerprint density at radius 2 is 2.00 bits per heavy atom. The van der Waals surface area contributed by atoms with Crippen LogP contribution >= 0.6 is 22.7 Å². The zero-order chi connectivity index (χ0) is 23.1. The molecule has 0 aliphatic rings. The molecule has 0 saturated carbocycles. The summed E-state index contributed by atoms with van der Waals surface area (Å²) in [5.74, 6) is 0.213. The number of hydrogen-bond donors (Lipinski definition) is 1. The van der Waals surface area contributed by atoms with Gasteiger partial charge in [0, 0.05) is 11.4 Å². The van der Waals surface area contributed by atoms with Crippen molar-refractivity contribution in [1.82, 2.24) is 9.88 Å². The highest BCUT2D eigenvalue weighted by atomic mass is 32.1. The number of carbonyl (C=O) groups is 1. The number of amides is 1. The molecule has 2 aromatic heterocycles. The van der Waals surface area contributed by atoms with Crippen LogP contribution in [-0.2, 0) is 4.79 Å². The van der Waals surface area contributed by atoms with Crippen LogP contribution in [0.25, 0.3) is 17.3 Å². The minimum absolute atomic E-state index is 0.0698. The van der Waals surface area contributed by atoms with E-state index in [2.05, 4.69) is 5.32 Å². The molecule has 0 aliphatic carbocycles. The number of carbonyl (C=O) groups excluding carboxylic acids is 1. The lowest BCUT2D eigenvalue weighted by atomic mass is 10.2. The van der Waals surface area contributed by atoms with E-state index in [0.29, 0.717) is 33.8 Å². The highest BCUT2D eigenvalue weighted by Crippen LogP contribution is 2.16. The molecule has 0 saturated heterocycles. The fourth-order valence-corrected chi connectivity index (χ4v) is 5.07. The summed E-state index contributed by atoms with van der Waals surface area (Å²) >= 11 is 2.69. The Kier molecular flexibility index (Phi) is 8.03. The summed E-state index contributed by atoms with van der Waals surface area (Å²) < 4.78 is 7.72. The normalized spacial score (nSPS) is 12.4. The highest BCUT2D eigenvalue weighted by molar-refractivity contribution is 7.11. The van der Waals surface area contributed by atoms with Crippen molar-refractivity contribution < 1.29 is 9.53 Å². The topological polar surface area (TPSA) is 84.1 Å². The molecule has 0 unspecified atom stereocenters. The molecular weight excluding hydrogens is 442 g/mol. The van der Waals surface area contributed by atoms with Gasteiger partial charge < -0.3 is 10.1 Å². The van der Waals surface area contributed by atoms with Crippen molar-refractivity contribution in [3.63, 3.8) is 0 Å². The largest absolute Gasteiger partial charge is 0.494 e. The maximum atomic E-state index is 13.4. The van der Waals surface area contributed by atoms with E-state index in [4.69, 9.17) is 4.74 Å². The molecule has 0 aliphatic heterocycles. The lowest BCUT2D eigenvalue weighted by molar-refractivity contribution is -0.115. The van der Waals surface area contributed by atoms with E-state index in [1.54, 1.807) is 35.6 Å². The first-order chi connectivity index (χ1) is 15.5. The van der Waals surface area contributed by atoms with Gasteiger partial charge in [0.25, 0.3) is 11.5 Å². The summed E-state index contributed by atoms with van der Waals surface area (Å²) in [5, 5.41) is 14.6. The van der Waals surface area contributed by atoms with E-state index in [0.717, 1.165) is 34.6 Å². The smallest absolute Gasteiger partial charge is 0.273 e. The third-order valence-corrected chi connectivity index (χ3v) is 6.82. The van der Waals surface area contributed by atoms with Crippen molar-refractivity contribution in [2.24, 2.45) is 0 Å². The minimum Gasteiger partial charge on any atom is -0.494 e. The lowest BCUT2D eigenvalue weighted by Gasteiger charge is -2.07. The first kappa shape index (κ1) is 23.5. The summed E-state index contributed by atoms with van der Waals surface area (Å²) in [7, 11) is 0. The van der Waals surface area contributed by atoms with Crippen molar-refractivity contribution in [2.45, 2.75) is 33.6 Å². The third kappa shape index (κ3) is 5.18. The average molecular weight is 468 g/mol. The number of thiazole rings is 1. The number of aromatic nitrogens is 1. The van der Waals surface area contributed by atoms with Crippen LogP contribution in [-0.4, -0.2) is 23.6 Å². The second kappa shape index (κ2) is 10.9. The zero-order valence-electron chi connectivity index (χ0n) is 18.3. The van der Waals surface area contributed by atoms with Gasteiger partial charge in [-0.05, 0) is 67.6 Å². The second-order valence-corrected chi connectivity index (χ2v) is 9.03. The van der Waals surface area contributed by atoms with Crippen molar-refractivity contribution in [1.29, 1.82) is 5.26 Å². The first-order valence-electron chi connectivity index (χ1n) is 10.4. The van der Waals surface area contributed by atoms with Crippen LogP contribution in [0.5, 0.6) is 5.75 Å². The van der Waals surface area contributed by atoms with Crippen molar-refractivity contribution >= 4 is 40.2 Å². The number of benzene rings is 1. The van der Waals surface area contributed by atoms with Gasteiger partial charge in [-0.25, -0.2) is 0 Å². The SMILES string of the molecule is CCCCNC(=O)/C(C#N)=c1\s/c(=C\c2sccc2C)c(=O)n1-c1ccc(OCC)cc1. The number of rotatable bonds is 8. The molecule has 166 valence electrons. The van der Waals surface area contributed by atoms with Gasteiger partial charge in [-0.2, -0.15) is 5.26 Å². The molecule has 0 radical (unpaired) electrons. The molecule has 8 heteroatoms. The maximum Gasteiger partial charge on any atom is 0.273 e. The summed E-state index contributed by atoms with van der Waals surface area (Å²) in [4.78, 5) is 27.1. The van der Waals surface area contributed by atoms with Gasteiger partial charge in [-0.3, -0.25) is 14.2 Å². The van der Waals surface area contributed by atoms with Crippen LogP contribution in [0.2, 0.25) is 0 Å². The molecule has 2 heterocycles. The van der Waals surface area contributed by atoms with Gasteiger partial charge in [0.1, 0.15) is 16.5 Å². The van der Waals surface area contributed by atoms with Crippen LogP contribution < -0.4 is 24.8 Å². The van der Waals surface area contributed by atoms with Crippen LogP contribution in [0.4, 0.5) is 0 Å². The van der Waals surface area contributed by atoms with Gasteiger partial charge in [0.2, 0.25) is 0 Å². The van der Waals surface area contributed by atoms with Crippen LogP contribution in [0, 0.1) is 18.3 Å². The Morgan fingerprint density at radius 1 is 1.25 bits per heavy atom. The van der Waals surface area contributed by atoms with E-state index >= 15 is 0 Å². The molecule has 1 amide bonds. The monoisotopic (exact) mass is 467 g/mol. The predicted octanol–water partition coefficient (Wildman–Crippen LogP) is 3.09. The quantitative estimate of drug-likeness (QED) is 0.516. The predicted molar refractivity (Wildman–Crippen MR) is 130 cm³/mol. The number of unbranched alkanes of at least 4 members (excludes halogenated alkanes) is 1. The Balaban J connectivity index is 2.25. The van der Waals surface area contributed by atoms with Gasteiger partial charge in [0.05, 0.1) is 16.8 Å². The number of nitrogens with zero attached hydrogens (tertiary/aromatic N) is 2. The van der Waals surface area contributed by atoms with E-state index in [-0.39, 0.29) is 11.1 Å². The number of thiophene rings is 1. The Bertz CT molecular complexity index is 1310. The van der Waals surface area contributed by atoms with Crippen LogP contribution in [0.1, 0.15) is 37.1 Å². The number of hydrogen-bond acceptors (Lipinski definition) is 6. The van der Waals surface area contributed by atoms with Gasteiger partial charge in [-0.15, -0.1) is 22.7 Å². The van der Waals surface area contributed by atoms with Crippen molar-refractivity contribution in [3.05, 3.63) is 65.7 Å². The maximum absolute atomic E-state index is 13.4.